The van der Waals surface area contributed by atoms with E-state index in [-0.39, 0.29) is 11.4 Å². The molecule has 78 valence electrons. The van der Waals surface area contributed by atoms with Gasteiger partial charge in [-0.2, -0.15) is 0 Å². The van der Waals surface area contributed by atoms with E-state index in [1.807, 2.05) is 0 Å². The quantitative estimate of drug-likeness (QED) is 0.773. The zero-order valence-corrected chi connectivity index (χ0v) is 10.1. The molecule has 0 aliphatic heterocycles. The van der Waals surface area contributed by atoms with Crippen LogP contribution >= 0.6 is 11.8 Å². The van der Waals surface area contributed by atoms with Gasteiger partial charge in [-0.1, -0.05) is 17.7 Å². The Kier molecular flexibility index (Phi) is 3.62. The van der Waals surface area contributed by atoms with Crippen LogP contribution in [0.1, 0.15) is 25.0 Å². The Bertz CT molecular complexity index is 318. The van der Waals surface area contributed by atoms with E-state index in [9.17, 15) is 5.11 Å². The van der Waals surface area contributed by atoms with Crippen LogP contribution < -0.4 is 0 Å². The predicted molar refractivity (Wildman–Crippen MR) is 62.9 cm³/mol. The first-order valence-electron chi connectivity index (χ1n) is 4.82. The van der Waals surface area contributed by atoms with Crippen molar-refractivity contribution in [1.82, 2.24) is 0 Å². The molecule has 2 heteroatoms. The highest BCUT2D eigenvalue weighted by Crippen LogP contribution is 2.34. The van der Waals surface area contributed by atoms with Crippen molar-refractivity contribution in [1.29, 1.82) is 0 Å². The number of thioether (sulfide) groups is 1. The molecule has 0 atom stereocenters. The Morgan fingerprint density at radius 1 is 1.29 bits per heavy atom. The Morgan fingerprint density at radius 3 is 2.50 bits per heavy atom. The zero-order chi connectivity index (χ0) is 10.8. The van der Waals surface area contributed by atoms with Crippen LogP contribution in [0, 0.1) is 13.8 Å². The maximum absolute atomic E-state index is 9.19. The smallest absolute Gasteiger partial charge is 0.0576 e. The summed E-state index contributed by atoms with van der Waals surface area (Å²) in [5, 5.41) is 9.19. The van der Waals surface area contributed by atoms with Crippen LogP contribution in [0.4, 0.5) is 0 Å². The number of aliphatic hydroxyl groups is 1. The van der Waals surface area contributed by atoms with E-state index in [2.05, 4.69) is 45.9 Å². The van der Waals surface area contributed by atoms with Crippen molar-refractivity contribution in [2.45, 2.75) is 37.3 Å². The van der Waals surface area contributed by atoms with Crippen molar-refractivity contribution in [2.24, 2.45) is 0 Å². The van der Waals surface area contributed by atoms with Crippen molar-refractivity contribution in [3.8, 4) is 0 Å². The second kappa shape index (κ2) is 4.37. The molecule has 0 unspecified atom stereocenters. The van der Waals surface area contributed by atoms with E-state index in [1.165, 1.54) is 16.0 Å². The second-order valence-corrected chi connectivity index (χ2v) is 6.04. The highest BCUT2D eigenvalue weighted by molar-refractivity contribution is 8.00. The van der Waals surface area contributed by atoms with E-state index < -0.39 is 0 Å². The van der Waals surface area contributed by atoms with Crippen molar-refractivity contribution in [3.63, 3.8) is 0 Å². The van der Waals surface area contributed by atoms with Gasteiger partial charge < -0.3 is 5.11 Å². The summed E-state index contributed by atoms with van der Waals surface area (Å²) in [5.74, 6) is 0. The molecule has 1 rings (SSSR count). The molecule has 1 nitrogen and oxygen atoms in total. The molecule has 0 saturated carbocycles. The van der Waals surface area contributed by atoms with Crippen molar-refractivity contribution in [3.05, 3.63) is 29.3 Å². The lowest BCUT2D eigenvalue weighted by molar-refractivity contribution is 0.265. The summed E-state index contributed by atoms with van der Waals surface area (Å²) < 4.78 is -0.0987. The Morgan fingerprint density at radius 2 is 1.93 bits per heavy atom. The van der Waals surface area contributed by atoms with Gasteiger partial charge in [0.25, 0.3) is 0 Å². The van der Waals surface area contributed by atoms with E-state index in [0.717, 1.165) is 0 Å². The van der Waals surface area contributed by atoms with Crippen LogP contribution in [-0.4, -0.2) is 16.5 Å². The number of rotatable bonds is 3. The molecule has 0 radical (unpaired) electrons. The SMILES string of the molecule is Cc1ccc(C)c(SC(C)(C)CO)c1. The van der Waals surface area contributed by atoms with Gasteiger partial charge >= 0.3 is 0 Å². The van der Waals surface area contributed by atoms with Crippen LogP contribution in [0.2, 0.25) is 0 Å². The predicted octanol–water partition coefficient (Wildman–Crippen LogP) is 3.17. The highest BCUT2D eigenvalue weighted by Gasteiger charge is 2.18. The Balaban J connectivity index is 2.91. The molecule has 0 spiro atoms. The molecular formula is C12H18OS. The summed E-state index contributed by atoms with van der Waals surface area (Å²) in [6.07, 6.45) is 0. The Labute approximate surface area is 90.5 Å². The third kappa shape index (κ3) is 3.03. The van der Waals surface area contributed by atoms with E-state index in [1.54, 1.807) is 11.8 Å². The number of benzene rings is 1. The third-order valence-corrected chi connectivity index (χ3v) is 3.45. The van der Waals surface area contributed by atoms with Crippen LogP contribution in [0.5, 0.6) is 0 Å². The molecule has 0 aliphatic rings. The topological polar surface area (TPSA) is 20.2 Å². The maximum atomic E-state index is 9.19. The van der Waals surface area contributed by atoms with Crippen molar-refractivity contribution < 1.29 is 5.11 Å². The molecule has 1 aromatic carbocycles. The molecule has 14 heavy (non-hydrogen) atoms. The standard InChI is InChI=1S/C12H18OS/c1-9-5-6-10(2)11(7-9)14-12(3,4)8-13/h5-7,13H,8H2,1-4H3. The molecule has 1 N–H and O–H groups in total. The lowest BCUT2D eigenvalue weighted by atomic mass is 10.2. The normalized spacial score (nSPS) is 11.8. The summed E-state index contributed by atoms with van der Waals surface area (Å²) in [4.78, 5) is 1.27. The summed E-state index contributed by atoms with van der Waals surface area (Å²) >= 11 is 1.74. The van der Waals surface area contributed by atoms with Crippen LogP contribution in [0.3, 0.4) is 0 Å². The summed E-state index contributed by atoms with van der Waals surface area (Å²) in [6.45, 7) is 8.51. The first kappa shape index (κ1) is 11.6. The van der Waals surface area contributed by atoms with Gasteiger partial charge in [-0.05, 0) is 39.3 Å². The second-order valence-electron chi connectivity index (χ2n) is 4.29. The monoisotopic (exact) mass is 210 g/mol. The summed E-state index contributed by atoms with van der Waals surface area (Å²) in [6, 6.07) is 6.42. The first-order valence-corrected chi connectivity index (χ1v) is 5.63. The molecule has 0 heterocycles. The fraction of sp³-hybridized carbons (Fsp3) is 0.500. The molecule has 0 aliphatic carbocycles. The van der Waals surface area contributed by atoms with Crippen LogP contribution in [0.15, 0.2) is 23.1 Å². The van der Waals surface area contributed by atoms with Gasteiger partial charge in [-0.15, -0.1) is 11.8 Å². The average Bonchev–Trinajstić information content (AvgIpc) is 2.11. The molecule has 0 saturated heterocycles. The maximum Gasteiger partial charge on any atom is 0.0576 e. The van der Waals surface area contributed by atoms with Gasteiger partial charge in [0, 0.05) is 9.64 Å². The number of aryl methyl sites for hydroxylation is 2. The minimum Gasteiger partial charge on any atom is -0.395 e. The zero-order valence-electron chi connectivity index (χ0n) is 9.29. The molecular weight excluding hydrogens is 192 g/mol. The van der Waals surface area contributed by atoms with Gasteiger partial charge in [0.05, 0.1) is 6.61 Å². The number of hydrogen-bond donors (Lipinski definition) is 1. The van der Waals surface area contributed by atoms with E-state index in [4.69, 9.17) is 0 Å². The lowest BCUT2D eigenvalue weighted by Gasteiger charge is -2.22. The van der Waals surface area contributed by atoms with Crippen molar-refractivity contribution in [2.75, 3.05) is 6.61 Å². The van der Waals surface area contributed by atoms with Gasteiger partial charge in [0.15, 0.2) is 0 Å². The Hall–Kier alpha value is -0.470. The van der Waals surface area contributed by atoms with Crippen molar-refractivity contribution >= 4 is 11.8 Å². The third-order valence-electron chi connectivity index (χ3n) is 2.11. The fourth-order valence-corrected chi connectivity index (χ4v) is 2.28. The van der Waals surface area contributed by atoms with Gasteiger partial charge in [-0.25, -0.2) is 0 Å². The summed E-state index contributed by atoms with van der Waals surface area (Å²) in [5.41, 5.74) is 2.55. The molecule has 0 aromatic heterocycles. The number of aliphatic hydroxyl groups excluding tert-OH is 1. The van der Waals surface area contributed by atoms with E-state index >= 15 is 0 Å². The lowest BCUT2D eigenvalue weighted by Crippen LogP contribution is -2.19. The molecule has 0 amide bonds. The fourth-order valence-electron chi connectivity index (χ4n) is 1.15. The largest absolute Gasteiger partial charge is 0.395 e. The number of hydrogen-bond acceptors (Lipinski definition) is 2. The average molecular weight is 210 g/mol. The molecule has 0 bridgehead atoms. The molecule has 1 aromatic rings. The van der Waals surface area contributed by atoms with Gasteiger partial charge in [-0.3, -0.25) is 0 Å². The molecule has 0 fully saturated rings. The van der Waals surface area contributed by atoms with Crippen LogP contribution in [-0.2, 0) is 0 Å². The van der Waals surface area contributed by atoms with Gasteiger partial charge in [0.2, 0.25) is 0 Å². The highest BCUT2D eigenvalue weighted by atomic mass is 32.2. The minimum absolute atomic E-state index is 0.0987. The van der Waals surface area contributed by atoms with Crippen LogP contribution in [0.25, 0.3) is 0 Å². The van der Waals surface area contributed by atoms with Gasteiger partial charge in [0.1, 0.15) is 0 Å². The first-order chi connectivity index (χ1) is 6.44. The summed E-state index contributed by atoms with van der Waals surface area (Å²) in [7, 11) is 0. The minimum atomic E-state index is -0.0987. The van der Waals surface area contributed by atoms with E-state index in [0.29, 0.717) is 0 Å².